The lowest BCUT2D eigenvalue weighted by molar-refractivity contribution is -0.137. The summed E-state index contributed by atoms with van der Waals surface area (Å²) in [7, 11) is 0. The van der Waals surface area contributed by atoms with Crippen LogP contribution in [0.4, 0.5) is 0 Å². The van der Waals surface area contributed by atoms with Crippen molar-refractivity contribution in [3.05, 3.63) is 0 Å². The van der Waals surface area contributed by atoms with Crippen LogP contribution in [-0.2, 0) is 9.59 Å². The van der Waals surface area contributed by atoms with E-state index in [-0.39, 0.29) is 18.9 Å². The summed E-state index contributed by atoms with van der Waals surface area (Å²) in [6, 6.07) is 0.919. The van der Waals surface area contributed by atoms with E-state index in [1.165, 1.54) is 32.1 Å². The van der Waals surface area contributed by atoms with E-state index in [1.807, 2.05) is 0 Å². The molecule has 0 aromatic carbocycles. The highest BCUT2D eigenvalue weighted by Crippen LogP contribution is 2.24. The summed E-state index contributed by atoms with van der Waals surface area (Å²) in [5, 5.41) is 12.6. The predicted molar refractivity (Wildman–Crippen MR) is 84.4 cm³/mol. The Labute approximate surface area is 132 Å². The smallest absolute Gasteiger partial charge is 0.303 e. The van der Waals surface area contributed by atoms with Crippen LogP contribution in [0.25, 0.3) is 0 Å². The fraction of sp³-hybridized carbons (Fsp3) is 0.875. The number of nitrogens with one attached hydrogen (secondary N) is 1. The van der Waals surface area contributed by atoms with Crippen molar-refractivity contribution in [1.82, 2.24) is 10.2 Å². The fourth-order valence-electron chi connectivity index (χ4n) is 3.91. The van der Waals surface area contributed by atoms with Gasteiger partial charge in [-0.1, -0.05) is 19.3 Å². The number of nitrogens with zero attached hydrogens (tertiary/aromatic N) is 1. The first-order valence-corrected chi connectivity index (χ1v) is 8.51. The first kappa shape index (κ1) is 17.2. The van der Waals surface area contributed by atoms with Gasteiger partial charge in [0.05, 0.1) is 6.54 Å². The molecule has 0 aromatic rings. The average Bonchev–Trinajstić information content (AvgIpc) is 2.45. The molecule has 1 saturated heterocycles. The summed E-state index contributed by atoms with van der Waals surface area (Å²) >= 11 is 0. The van der Waals surface area contributed by atoms with E-state index in [2.05, 4.69) is 10.2 Å². The van der Waals surface area contributed by atoms with Crippen LogP contribution in [0, 0.1) is 5.92 Å². The van der Waals surface area contributed by atoms with Gasteiger partial charge in [0.25, 0.3) is 0 Å². The summed E-state index contributed by atoms with van der Waals surface area (Å²) in [5.41, 5.74) is 5.33. The number of nitrogens with two attached hydrogens (primary N) is 1. The Kier molecular flexibility index (Phi) is 6.64. The average molecular weight is 311 g/mol. The number of carboxylic acid groups (broad SMARTS) is 1. The van der Waals surface area contributed by atoms with Gasteiger partial charge in [-0.3, -0.25) is 14.5 Å². The maximum atomic E-state index is 11.2. The number of amides is 1. The number of hydrogen-bond donors (Lipinski definition) is 3. The fourth-order valence-corrected chi connectivity index (χ4v) is 3.91. The van der Waals surface area contributed by atoms with E-state index in [0.717, 1.165) is 19.5 Å². The molecule has 4 N–H and O–H groups in total. The van der Waals surface area contributed by atoms with Crippen molar-refractivity contribution in [1.29, 1.82) is 0 Å². The molecular weight excluding hydrogens is 282 g/mol. The first-order chi connectivity index (χ1) is 10.5. The van der Waals surface area contributed by atoms with Crippen LogP contribution >= 0.6 is 0 Å². The number of carbonyl (C=O) groups excluding carboxylic acids is 1. The zero-order valence-corrected chi connectivity index (χ0v) is 13.3. The van der Waals surface area contributed by atoms with E-state index in [9.17, 15) is 9.59 Å². The zero-order valence-electron chi connectivity index (χ0n) is 13.3. The number of carboxylic acids is 1. The molecule has 1 aliphatic carbocycles. The van der Waals surface area contributed by atoms with Gasteiger partial charge >= 0.3 is 5.97 Å². The second-order valence-corrected chi connectivity index (χ2v) is 6.89. The molecule has 126 valence electrons. The van der Waals surface area contributed by atoms with Crippen LogP contribution in [0.15, 0.2) is 0 Å². The number of rotatable bonds is 7. The van der Waals surface area contributed by atoms with Gasteiger partial charge < -0.3 is 16.2 Å². The van der Waals surface area contributed by atoms with Crippen LogP contribution in [-0.4, -0.2) is 53.6 Å². The Morgan fingerprint density at radius 1 is 1.14 bits per heavy atom. The molecule has 22 heavy (non-hydrogen) atoms. The van der Waals surface area contributed by atoms with Gasteiger partial charge in [0, 0.05) is 31.6 Å². The molecule has 0 spiro atoms. The van der Waals surface area contributed by atoms with E-state index >= 15 is 0 Å². The van der Waals surface area contributed by atoms with E-state index in [0.29, 0.717) is 24.4 Å². The summed E-state index contributed by atoms with van der Waals surface area (Å²) in [4.78, 5) is 24.1. The standard InChI is InChI=1S/C16H29N3O3/c17-15(20)11-19-9-12(6-7-16(21)22)8-14(10-19)18-13-4-2-1-3-5-13/h12-14,18H,1-11H2,(H2,17,20)(H,21,22). The highest BCUT2D eigenvalue weighted by atomic mass is 16.4. The van der Waals surface area contributed by atoms with Crippen molar-refractivity contribution in [2.24, 2.45) is 11.7 Å². The Morgan fingerprint density at radius 2 is 1.86 bits per heavy atom. The molecule has 0 aromatic heterocycles. The molecule has 1 amide bonds. The Morgan fingerprint density at radius 3 is 2.50 bits per heavy atom. The van der Waals surface area contributed by atoms with Gasteiger partial charge in [-0.15, -0.1) is 0 Å². The lowest BCUT2D eigenvalue weighted by Gasteiger charge is -2.39. The molecule has 1 aliphatic heterocycles. The number of hydrogen-bond acceptors (Lipinski definition) is 4. The van der Waals surface area contributed by atoms with Crippen LogP contribution in [0.1, 0.15) is 51.4 Å². The third-order valence-corrected chi connectivity index (χ3v) is 4.84. The van der Waals surface area contributed by atoms with Crippen molar-refractivity contribution in [3.63, 3.8) is 0 Å². The number of primary amides is 1. The molecule has 0 radical (unpaired) electrons. The van der Waals surface area contributed by atoms with Crippen molar-refractivity contribution >= 4 is 11.9 Å². The van der Waals surface area contributed by atoms with Gasteiger partial charge in [-0.25, -0.2) is 0 Å². The van der Waals surface area contributed by atoms with Crippen molar-refractivity contribution in [2.45, 2.75) is 63.5 Å². The molecule has 1 heterocycles. The SMILES string of the molecule is NC(=O)CN1CC(CCC(=O)O)CC(NC2CCCCC2)C1. The van der Waals surface area contributed by atoms with Crippen LogP contribution in [0.5, 0.6) is 0 Å². The predicted octanol–water partition coefficient (Wildman–Crippen LogP) is 0.949. The van der Waals surface area contributed by atoms with Gasteiger partial charge in [-0.05, 0) is 31.6 Å². The lowest BCUT2D eigenvalue weighted by atomic mass is 9.88. The molecule has 2 unspecified atom stereocenters. The summed E-state index contributed by atoms with van der Waals surface area (Å²) < 4.78 is 0. The minimum atomic E-state index is -0.746. The first-order valence-electron chi connectivity index (χ1n) is 8.51. The summed E-state index contributed by atoms with van der Waals surface area (Å²) in [6.07, 6.45) is 8.24. The van der Waals surface area contributed by atoms with Crippen LogP contribution in [0.3, 0.4) is 0 Å². The lowest BCUT2D eigenvalue weighted by Crippen LogP contribution is -2.53. The van der Waals surface area contributed by atoms with Crippen molar-refractivity contribution in [2.75, 3.05) is 19.6 Å². The molecule has 1 saturated carbocycles. The molecule has 2 rings (SSSR count). The molecule has 2 atom stereocenters. The normalized spacial score (nSPS) is 27.6. The monoisotopic (exact) mass is 311 g/mol. The Balaban J connectivity index is 1.88. The second kappa shape index (κ2) is 8.48. The maximum Gasteiger partial charge on any atom is 0.303 e. The molecule has 6 nitrogen and oxygen atoms in total. The highest BCUT2D eigenvalue weighted by molar-refractivity contribution is 5.75. The molecular formula is C16H29N3O3. The van der Waals surface area contributed by atoms with Crippen molar-refractivity contribution in [3.8, 4) is 0 Å². The Hall–Kier alpha value is -1.14. The molecule has 2 aliphatic rings. The van der Waals surface area contributed by atoms with Gasteiger partial charge in [0.2, 0.25) is 5.91 Å². The maximum absolute atomic E-state index is 11.2. The number of likely N-dealkylation sites (tertiary alicyclic amines) is 1. The molecule has 6 heteroatoms. The topological polar surface area (TPSA) is 95.7 Å². The van der Waals surface area contributed by atoms with Gasteiger partial charge in [0.15, 0.2) is 0 Å². The van der Waals surface area contributed by atoms with Crippen LogP contribution < -0.4 is 11.1 Å². The second-order valence-electron chi connectivity index (χ2n) is 6.89. The van der Waals surface area contributed by atoms with Crippen LogP contribution in [0.2, 0.25) is 0 Å². The van der Waals surface area contributed by atoms with Gasteiger partial charge in [-0.2, -0.15) is 0 Å². The quantitative estimate of drug-likeness (QED) is 0.650. The summed E-state index contributed by atoms with van der Waals surface area (Å²) in [6.45, 7) is 1.88. The summed E-state index contributed by atoms with van der Waals surface area (Å²) in [5.74, 6) is -0.732. The minimum absolute atomic E-state index is 0.200. The number of carbonyl (C=O) groups is 2. The third-order valence-electron chi connectivity index (χ3n) is 4.84. The van der Waals surface area contributed by atoms with Gasteiger partial charge in [0.1, 0.15) is 0 Å². The molecule has 2 fully saturated rings. The van der Waals surface area contributed by atoms with E-state index in [4.69, 9.17) is 10.8 Å². The highest BCUT2D eigenvalue weighted by Gasteiger charge is 2.29. The van der Waals surface area contributed by atoms with Crippen molar-refractivity contribution < 1.29 is 14.7 Å². The zero-order chi connectivity index (χ0) is 15.9. The Bertz CT molecular complexity index is 383. The third kappa shape index (κ3) is 5.93. The number of piperidine rings is 1. The van der Waals surface area contributed by atoms with E-state index < -0.39 is 5.97 Å². The molecule has 0 bridgehead atoms. The number of aliphatic carboxylic acids is 1. The largest absolute Gasteiger partial charge is 0.481 e. The minimum Gasteiger partial charge on any atom is -0.481 e. The van der Waals surface area contributed by atoms with E-state index in [1.54, 1.807) is 0 Å².